The zero-order valence-electron chi connectivity index (χ0n) is 14.1. The van der Waals surface area contributed by atoms with Gasteiger partial charge in [0.15, 0.2) is 17.7 Å². The molecule has 126 valence electrons. The van der Waals surface area contributed by atoms with Gasteiger partial charge in [0.05, 0.1) is 0 Å². The molecule has 0 amide bonds. The summed E-state index contributed by atoms with van der Waals surface area (Å²) in [5.74, 6) is -0.556. The van der Waals surface area contributed by atoms with E-state index < -0.39 is 6.10 Å². The second-order valence-electron chi connectivity index (χ2n) is 5.77. The number of ketones is 2. The fourth-order valence-corrected chi connectivity index (χ4v) is 2.51. The number of carbonyl (C=O) groups excluding carboxylic acids is 2. The van der Waals surface area contributed by atoms with Crippen molar-refractivity contribution in [3.05, 3.63) is 71.8 Å². The number of unbranched alkanes of at least 4 members (excludes halogenated alkanes) is 3. The first-order chi connectivity index (χ1) is 11.7. The molecule has 0 spiro atoms. The molecular weight excluding hydrogens is 300 g/mol. The van der Waals surface area contributed by atoms with Gasteiger partial charge >= 0.3 is 0 Å². The first-order valence-corrected chi connectivity index (χ1v) is 8.54. The smallest absolute Gasteiger partial charge is 0.199 e. The molecule has 0 bridgehead atoms. The van der Waals surface area contributed by atoms with Gasteiger partial charge in [-0.25, -0.2) is 0 Å². The van der Waals surface area contributed by atoms with Gasteiger partial charge in [0.25, 0.3) is 0 Å². The van der Waals surface area contributed by atoms with E-state index in [0.29, 0.717) is 17.7 Å². The van der Waals surface area contributed by atoms with Crippen LogP contribution in [0.15, 0.2) is 60.7 Å². The van der Waals surface area contributed by atoms with Crippen LogP contribution in [0.3, 0.4) is 0 Å². The third-order valence-corrected chi connectivity index (χ3v) is 3.88. The average molecular weight is 324 g/mol. The third kappa shape index (κ3) is 5.14. The molecule has 0 aliphatic heterocycles. The average Bonchev–Trinajstić information content (AvgIpc) is 2.65. The van der Waals surface area contributed by atoms with E-state index in [2.05, 4.69) is 6.92 Å². The number of Topliss-reactive ketones (excluding diaryl/α,β-unsaturated/α-hetero) is 2. The van der Waals surface area contributed by atoms with Crippen LogP contribution in [-0.4, -0.2) is 24.3 Å². The molecule has 2 rings (SSSR count). The van der Waals surface area contributed by atoms with Crippen molar-refractivity contribution in [2.24, 2.45) is 0 Å². The highest BCUT2D eigenvalue weighted by molar-refractivity contribution is 6.18. The highest BCUT2D eigenvalue weighted by atomic mass is 16.5. The van der Waals surface area contributed by atoms with Crippen molar-refractivity contribution in [1.29, 1.82) is 0 Å². The molecule has 0 aromatic heterocycles. The van der Waals surface area contributed by atoms with Crippen LogP contribution in [0.4, 0.5) is 0 Å². The third-order valence-electron chi connectivity index (χ3n) is 3.88. The van der Waals surface area contributed by atoms with Crippen LogP contribution in [0.5, 0.6) is 0 Å². The molecule has 0 heterocycles. The standard InChI is InChI=1S/C21H24O3/c1-2-3-4-11-16-24-21(19(22)17-12-7-5-8-13-17)20(23)18-14-9-6-10-15-18/h5-10,12-15,21H,2-4,11,16H2,1H3. The predicted octanol–water partition coefficient (Wildman–Crippen LogP) is 4.72. The highest BCUT2D eigenvalue weighted by Crippen LogP contribution is 2.14. The maximum atomic E-state index is 12.7. The molecule has 0 unspecified atom stereocenters. The van der Waals surface area contributed by atoms with Gasteiger partial charge in [0.1, 0.15) is 0 Å². The van der Waals surface area contributed by atoms with E-state index in [1.807, 2.05) is 12.1 Å². The molecule has 0 aliphatic carbocycles. The Bertz CT molecular complexity index is 583. The van der Waals surface area contributed by atoms with Crippen molar-refractivity contribution in [1.82, 2.24) is 0 Å². The number of carbonyl (C=O) groups is 2. The zero-order chi connectivity index (χ0) is 17.2. The second-order valence-corrected chi connectivity index (χ2v) is 5.77. The summed E-state index contributed by atoms with van der Waals surface area (Å²) in [6.45, 7) is 2.56. The second kappa shape index (κ2) is 9.78. The minimum absolute atomic E-state index is 0.278. The van der Waals surface area contributed by atoms with E-state index in [9.17, 15) is 9.59 Å². The lowest BCUT2D eigenvalue weighted by atomic mass is 9.98. The van der Waals surface area contributed by atoms with Gasteiger partial charge in [0.2, 0.25) is 0 Å². The lowest BCUT2D eigenvalue weighted by molar-refractivity contribution is 0.0358. The van der Waals surface area contributed by atoms with Crippen LogP contribution >= 0.6 is 0 Å². The Morgan fingerprint density at radius 2 is 1.29 bits per heavy atom. The van der Waals surface area contributed by atoms with E-state index in [0.717, 1.165) is 25.7 Å². The Labute approximate surface area is 143 Å². The number of hydrogen-bond acceptors (Lipinski definition) is 3. The van der Waals surface area contributed by atoms with Gasteiger partial charge in [0, 0.05) is 17.7 Å². The molecule has 0 aliphatic rings. The molecule has 0 N–H and O–H groups in total. The summed E-state index contributed by atoms with van der Waals surface area (Å²) in [5, 5.41) is 0. The Morgan fingerprint density at radius 3 is 1.75 bits per heavy atom. The monoisotopic (exact) mass is 324 g/mol. The van der Waals surface area contributed by atoms with Gasteiger partial charge < -0.3 is 4.74 Å². The molecule has 24 heavy (non-hydrogen) atoms. The van der Waals surface area contributed by atoms with Crippen LogP contribution in [0.1, 0.15) is 53.3 Å². The molecule has 0 fully saturated rings. The number of rotatable bonds is 10. The van der Waals surface area contributed by atoms with Crippen molar-refractivity contribution < 1.29 is 14.3 Å². The Balaban J connectivity index is 2.12. The van der Waals surface area contributed by atoms with Crippen molar-refractivity contribution in [3.63, 3.8) is 0 Å². The predicted molar refractivity (Wildman–Crippen MR) is 95.4 cm³/mol. The SMILES string of the molecule is CCCCCCOC(C(=O)c1ccccc1)C(=O)c1ccccc1. The lowest BCUT2D eigenvalue weighted by Gasteiger charge is -2.16. The first kappa shape index (κ1) is 18.1. The van der Waals surface area contributed by atoms with Crippen molar-refractivity contribution in [3.8, 4) is 0 Å². The number of benzene rings is 2. The maximum Gasteiger partial charge on any atom is 0.199 e. The topological polar surface area (TPSA) is 43.4 Å². The van der Waals surface area contributed by atoms with Crippen LogP contribution in [0.25, 0.3) is 0 Å². The van der Waals surface area contributed by atoms with Crippen LogP contribution in [0.2, 0.25) is 0 Å². The minimum Gasteiger partial charge on any atom is -0.362 e. The summed E-state index contributed by atoms with van der Waals surface area (Å²) in [5.41, 5.74) is 1.00. The van der Waals surface area contributed by atoms with Gasteiger partial charge in [-0.3, -0.25) is 9.59 Å². The van der Waals surface area contributed by atoms with Gasteiger partial charge in [-0.15, -0.1) is 0 Å². The number of ether oxygens (including phenoxy) is 1. The van der Waals surface area contributed by atoms with Crippen molar-refractivity contribution in [2.45, 2.75) is 38.7 Å². The van der Waals surface area contributed by atoms with Crippen LogP contribution < -0.4 is 0 Å². The van der Waals surface area contributed by atoms with Crippen LogP contribution in [0, 0.1) is 0 Å². The molecular formula is C21H24O3. The molecule has 0 saturated carbocycles. The van der Waals surface area contributed by atoms with E-state index in [4.69, 9.17) is 4.74 Å². The summed E-state index contributed by atoms with van der Waals surface area (Å²) in [7, 11) is 0. The molecule has 0 saturated heterocycles. The normalized spacial score (nSPS) is 10.8. The van der Waals surface area contributed by atoms with E-state index in [-0.39, 0.29) is 11.6 Å². The zero-order valence-corrected chi connectivity index (χ0v) is 14.1. The summed E-state index contributed by atoms with van der Waals surface area (Å²) in [4.78, 5) is 25.5. The van der Waals surface area contributed by atoms with E-state index in [1.165, 1.54) is 0 Å². The number of hydrogen-bond donors (Lipinski definition) is 0. The molecule has 2 aromatic carbocycles. The van der Waals surface area contributed by atoms with E-state index in [1.54, 1.807) is 48.5 Å². The Kier molecular flexibility index (Phi) is 7.37. The van der Waals surface area contributed by atoms with Crippen molar-refractivity contribution >= 4 is 11.6 Å². The fraction of sp³-hybridized carbons (Fsp3) is 0.333. The van der Waals surface area contributed by atoms with Gasteiger partial charge in [-0.2, -0.15) is 0 Å². The highest BCUT2D eigenvalue weighted by Gasteiger charge is 2.29. The molecule has 3 nitrogen and oxygen atoms in total. The van der Waals surface area contributed by atoms with Crippen LogP contribution in [-0.2, 0) is 4.74 Å². The largest absolute Gasteiger partial charge is 0.362 e. The maximum absolute atomic E-state index is 12.7. The quantitative estimate of drug-likeness (QED) is 0.361. The molecule has 0 atom stereocenters. The Morgan fingerprint density at radius 1 is 0.792 bits per heavy atom. The van der Waals surface area contributed by atoms with Crippen molar-refractivity contribution in [2.75, 3.05) is 6.61 Å². The molecule has 3 heteroatoms. The summed E-state index contributed by atoms with van der Waals surface area (Å²) < 4.78 is 5.72. The Hall–Kier alpha value is -2.26. The van der Waals surface area contributed by atoms with E-state index >= 15 is 0 Å². The first-order valence-electron chi connectivity index (χ1n) is 8.54. The molecule has 0 radical (unpaired) electrons. The van der Waals surface area contributed by atoms with Gasteiger partial charge in [-0.1, -0.05) is 86.8 Å². The van der Waals surface area contributed by atoms with Gasteiger partial charge in [-0.05, 0) is 6.42 Å². The minimum atomic E-state index is -1.07. The molecule has 2 aromatic rings. The lowest BCUT2D eigenvalue weighted by Crippen LogP contribution is -2.33. The fourth-order valence-electron chi connectivity index (χ4n) is 2.51. The summed E-state index contributed by atoms with van der Waals surface area (Å²) >= 11 is 0. The summed E-state index contributed by atoms with van der Waals surface area (Å²) in [6, 6.07) is 17.7. The summed E-state index contributed by atoms with van der Waals surface area (Å²) in [6.07, 6.45) is 3.09.